The smallest absolute Gasteiger partial charge is 0.211 e. The number of anilines is 1. The van der Waals surface area contributed by atoms with E-state index in [1.807, 2.05) is 42.5 Å². The lowest BCUT2D eigenvalue weighted by Gasteiger charge is -2.17. The number of carbonyl (C=O) groups is 1. The van der Waals surface area contributed by atoms with Crippen LogP contribution < -0.4 is 4.90 Å². The Labute approximate surface area is 112 Å². The molecule has 1 aromatic carbocycles. The summed E-state index contributed by atoms with van der Waals surface area (Å²) in [6.07, 6.45) is 4.18. The van der Waals surface area contributed by atoms with Gasteiger partial charge in [0.1, 0.15) is 5.69 Å². The second-order valence-electron chi connectivity index (χ2n) is 4.79. The Morgan fingerprint density at radius 1 is 1.05 bits per heavy atom. The fourth-order valence-corrected chi connectivity index (χ4v) is 2.45. The summed E-state index contributed by atoms with van der Waals surface area (Å²) in [6.45, 7) is 2.14. The molecule has 1 aromatic heterocycles. The van der Waals surface area contributed by atoms with Gasteiger partial charge in [-0.3, -0.25) is 9.78 Å². The van der Waals surface area contributed by atoms with Crippen molar-refractivity contribution in [2.24, 2.45) is 0 Å². The largest absolute Gasteiger partial charge is 0.371 e. The van der Waals surface area contributed by atoms with E-state index in [9.17, 15) is 4.79 Å². The van der Waals surface area contributed by atoms with Crippen LogP contribution in [0.1, 0.15) is 28.9 Å². The van der Waals surface area contributed by atoms with E-state index in [1.54, 1.807) is 6.20 Å². The van der Waals surface area contributed by atoms with Crippen molar-refractivity contribution in [1.29, 1.82) is 0 Å². The van der Waals surface area contributed by atoms with Gasteiger partial charge in [-0.05, 0) is 25.0 Å². The van der Waals surface area contributed by atoms with Crippen molar-refractivity contribution >= 4 is 11.5 Å². The zero-order valence-electron chi connectivity index (χ0n) is 10.7. The first-order chi connectivity index (χ1) is 9.34. The molecule has 0 aliphatic carbocycles. The summed E-state index contributed by atoms with van der Waals surface area (Å²) in [6, 6.07) is 13.2. The summed E-state index contributed by atoms with van der Waals surface area (Å²) in [7, 11) is 0. The highest BCUT2D eigenvalue weighted by molar-refractivity contribution is 6.08. The molecule has 3 rings (SSSR count). The Morgan fingerprint density at radius 3 is 2.53 bits per heavy atom. The number of pyridine rings is 1. The second-order valence-corrected chi connectivity index (χ2v) is 4.79. The number of rotatable bonds is 3. The fourth-order valence-electron chi connectivity index (χ4n) is 2.45. The molecule has 1 saturated heterocycles. The number of nitrogens with zero attached hydrogens (tertiary/aromatic N) is 2. The monoisotopic (exact) mass is 252 g/mol. The van der Waals surface area contributed by atoms with Gasteiger partial charge in [-0.1, -0.05) is 30.3 Å². The van der Waals surface area contributed by atoms with Gasteiger partial charge in [-0.25, -0.2) is 0 Å². The molecule has 96 valence electrons. The van der Waals surface area contributed by atoms with Crippen molar-refractivity contribution in [3.05, 3.63) is 59.9 Å². The third-order valence-electron chi connectivity index (χ3n) is 3.48. The molecule has 3 heteroatoms. The van der Waals surface area contributed by atoms with Gasteiger partial charge in [0.05, 0.1) is 0 Å². The molecule has 0 N–H and O–H groups in total. The molecule has 0 radical (unpaired) electrons. The number of hydrogen-bond acceptors (Lipinski definition) is 3. The van der Waals surface area contributed by atoms with Crippen LogP contribution in [0.2, 0.25) is 0 Å². The number of ketones is 1. The number of aromatic nitrogens is 1. The maximum atomic E-state index is 12.3. The van der Waals surface area contributed by atoms with Crippen LogP contribution in [0.4, 0.5) is 5.69 Å². The first kappa shape index (κ1) is 11.9. The van der Waals surface area contributed by atoms with E-state index >= 15 is 0 Å². The molecule has 2 aromatic rings. The van der Waals surface area contributed by atoms with Gasteiger partial charge in [0.25, 0.3) is 0 Å². The number of hydrogen-bond donors (Lipinski definition) is 0. The van der Waals surface area contributed by atoms with E-state index in [4.69, 9.17) is 0 Å². The highest BCUT2D eigenvalue weighted by Gasteiger charge is 2.15. The first-order valence-corrected chi connectivity index (χ1v) is 6.65. The highest BCUT2D eigenvalue weighted by Crippen LogP contribution is 2.21. The van der Waals surface area contributed by atoms with Crippen molar-refractivity contribution in [1.82, 2.24) is 4.98 Å². The molecular weight excluding hydrogens is 236 g/mol. The third-order valence-corrected chi connectivity index (χ3v) is 3.48. The molecule has 0 spiro atoms. The Hall–Kier alpha value is -2.16. The number of carbonyl (C=O) groups excluding carboxylic acids is 1. The molecule has 3 nitrogen and oxygen atoms in total. The second kappa shape index (κ2) is 5.22. The lowest BCUT2D eigenvalue weighted by molar-refractivity contribution is 0.103. The summed E-state index contributed by atoms with van der Waals surface area (Å²) < 4.78 is 0. The minimum atomic E-state index is -0.0124. The van der Waals surface area contributed by atoms with Gasteiger partial charge < -0.3 is 4.90 Å². The van der Waals surface area contributed by atoms with Crippen molar-refractivity contribution < 1.29 is 4.79 Å². The van der Waals surface area contributed by atoms with Crippen LogP contribution in [-0.4, -0.2) is 23.9 Å². The molecule has 0 unspecified atom stereocenters. The predicted molar refractivity (Wildman–Crippen MR) is 75.6 cm³/mol. The molecule has 19 heavy (non-hydrogen) atoms. The molecule has 0 atom stereocenters. The van der Waals surface area contributed by atoms with Crippen LogP contribution in [-0.2, 0) is 0 Å². The summed E-state index contributed by atoms with van der Waals surface area (Å²) in [5, 5.41) is 0. The summed E-state index contributed by atoms with van der Waals surface area (Å²) in [5.74, 6) is -0.0124. The van der Waals surface area contributed by atoms with Crippen LogP contribution in [0.3, 0.4) is 0 Å². The van der Waals surface area contributed by atoms with Crippen LogP contribution >= 0.6 is 0 Å². The van der Waals surface area contributed by atoms with E-state index in [2.05, 4.69) is 9.88 Å². The molecule has 1 aliphatic rings. The summed E-state index contributed by atoms with van der Waals surface area (Å²) in [4.78, 5) is 18.9. The van der Waals surface area contributed by atoms with Crippen molar-refractivity contribution in [2.45, 2.75) is 12.8 Å². The molecule has 0 saturated carbocycles. The Morgan fingerprint density at radius 2 is 1.79 bits per heavy atom. The van der Waals surface area contributed by atoms with E-state index in [-0.39, 0.29) is 5.78 Å². The average Bonchev–Trinajstić information content (AvgIpc) is 3.02. The van der Waals surface area contributed by atoms with Gasteiger partial charge in [0.2, 0.25) is 5.78 Å². The number of benzene rings is 1. The molecule has 1 fully saturated rings. The van der Waals surface area contributed by atoms with Crippen molar-refractivity contribution in [2.75, 3.05) is 18.0 Å². The van der Waals surface area contributed by atoms with E-state index in [0.29, 0.717) is 11.3 Å². The zero-order valence-corrected chi connectivity index (χ0v) is 10.7. The van der Waals surface area contributed by atoms with Crippen LogP contribution in [0.25, 0.3) is 0 Å². The van der Waals surface area contributed by atoms with Gasteiger partial charge in [-0.2, -0.15) is 0 Å². The van der Waals surface area contributed by atoms with Gasteiger partial charge in [0.15, 0.2) is 0 Å². The molecule has 0 bridgehead atoms. The van der Waals surface area contributed by atoms with Crippen LogP contribution in [0.15, 0.2) is 48.7 Å². The Bertz CT molecular complexity index is 574. The van der Waals surface area contributed by atoms with Crippen LogP contribution in [0, 0.1) is 0 Å². The topological polar surface area (TPSA) is 33.2 Å². The van der Waals surface area contributed by atoms with Gasteiger partial charge in [0, 0.05) is 30.5 Å². The standard InChI is InChI=1S/C16H16N2O/c19-16(13-6-2-1-3-7-13)15-12-14(8-9-17-15)18-10-4-5-11-18/h1-3,6-9,12H,4-5,10-11H2. The first-order valence-electron chi connectivity index (χ1n) is 6.65. The lowest BCUT2D eigenvalue weighted by Crippen LogP contribution is -2.18. The van der Waals surface area contributed by atoms with Crippen molar-refractivity contribution in [3.8, 4) is 0 Å². The fraction of sp³-hybridized carbons (Fsp3) is 0.250. The minimum absolute atomic E-state index is 0.0124. The third kappa shape index (κ3) is 2.50. The summed E-state index contributed by atoms with van der Waals surface area (Å²) >= 11 is 0. The minimum Gasteiger partial charge on any atom is -0.371 e. The predicted octanol–water partition coefficient (Wildman–Crippen LogP) is 2.91. The molecule has 1 aliphatic heterocycles. The van der Waals surface area contributed by atoms with Gasteiger partial charge in [-0.15, -0.1) is 0 Å². The highest BCUT2D eigenvalue weighted by atomic mass is 16.1. The Balaban J connectivity index is 1.89. The Kier molecular flexibility index (Phi) is 3.27. The zero-order chi connectivity index (χ0) is 13.1. The SMILES string of the molecule is O=C(c1ccccc1)c1cc(N2CCCC2)ccn1. The normalized spacial score (nSPS) is 14.6. The average molecular weight is 252 g/mol. The summed E-state index contributed by atoms with van der Waals surface area (Å²) in [5.41, 5.74) is 2.32. The van der Waals surface area contributed by atoms with E-state index < -0.39 is 0 Å². The van der Waals surface area contributed by atoms with Gasteiger partial charge >= 0.3 is 0 Å². The lowest BCUT2D eigenvalue weighted by atomic mass is 10.1. The maximum absolute atomic E-state index is 12.3. The molecule has 2 heterocycles. The van der Waals surface area contributed by atoms with Crippen molar-refractivity contribution in [3.63, 3.8) is 0 Å². The molecule has 0 amide bonds. The quantitative estimate of drug-likeness (QED) is 0.787. The van der Waals surface area contributed by atoms with E-state index in [0.717, 1.165) is 18.8 Å². The van der Waals surface area contributed by atoms with E-state index in [1.165, 1.54) is 12.8 Å². The molecular formula is C16H16N2O. The van der Waals surface area contributed by atoms with Crippen LogP contribution in [0.5, 0.6) is 0 Å². The maximum Gasteiger partial charge on any atom is 0.211 e.